The van der Waals surface area contributed by atoms with Crippen LogP contribution in [-0.2, 0) is 0 Å². The number of nitrogen functional groups attached to an aromatic ring is 1. The molecule has 1 heterocycles. The van der Waals surface area contributed by atoms with Crippen LogP contribution in [0.4, 0.5) is 5.69 Å². The van der Waals surface area contributed by atoms with Crippen molar-refractivity contribution in [3.05, 3.63) is 52.7 Å². The van der Waals surface area contributed by atoms with Gasteiger partial charge in [0.05, 0.1) is 5.39 Å². The first-order valence-corrected chi connectivity index (χ1v) is 6.66. The Labute approximate surface area is 123 Å². The Morgan fingerprint density at radius 3 is 2.36 bits per heavy atom. The van der Waals surface area contributed by atoms with Crippen LogP contribution >= 0.6 is 0 Å². The van der Waals surface area contributed by atoms with Gasteiger partial charge in [-0.25, -0.2) is 0 Å². The molecule has 0 atom stereocenters. The quantitative estimate of drug-likeness (QED) is 0.200. The summed E-state index contributed by atoms with van der Waals surface area (Å²) in [5, 5.41) is 21.8. The minimum atomic E-state index is -0.383. The van der Waals surface area contributed by atoms with E-state index in [-0.39, 0.29) is 33.6 Å². The number of phenols is 2. The van der Waals surface area contributed by atoms with Crippen molar-refractivity contribution in [3.63, 3.8) is 0 Å². The second kappa shape index (κ2) is 4.14. The number of anilines is 1. The number of hydrogen-bond donors (Lipinski definition) is 3. The van der Waals surface area contributed by atoms with Gasteiger partial charge in [0.1, 0.15) is 28.2 Å². The SMILES string of the molecule is Nc1c(O)cc(O)c2c(=O)c3cc4ccccc4cc3oc12. The fourth-order valence-corrected chi connectivity index (χ4v) is 2.70. The number of rotatable bonds is 0. The number of aromatic hydroxyl groups is 2. The number of hydrogen-bond acceptors (Lipinski definition) is 5. The van der Waals surface area contributed by atoms with Crippen LogP contribution in [0.25, 0.3) is 32.7 Å². The standard InChI is InChI=1S/C17H11NO4/c18-15-12(20)7-11(19)14-16(21)10-5-8-3-1-2-4-9(8)6-13(10)22-17(14)15/h1-7,19-20H,18H2. The minimum absolute atomic E-state index is 0.00900. The lowest BCUT2D eigenvalue weighted by atomic mass is 10.0. The lowest BCUT2D eigenvalue weighted by Crippen LogP contribution is -2.04. The summed E-state index contributed by atoms with van der Waals surface area (Å²) >= 11 is 0. The second-order valence-corrected chi connectivity index (χ2v) is 5.16. The topological polar surface area (TPSA) is 96.7 Å². The summed E-state index contributed by atoms with van der Waals surface area (Å²) in [4.78, 5) is 12.7. The third-order valence-electron chi connectivity index (χ3n) is 3.81. The molecule has 108 valence electrons. The van der Waals surface area contributed by atoms with Crippen LogP contribution in [0.5, 0.6) is 11.5 Å². The number of nitrogens with two attached hydrogens (primary N) is 1. The maximum atomic E-state index is 12.7. The lowest BCUT2D eigenvalue weighted by molar-refractivity contribution is 0.455. The Kier molecular flexibility index (Phi) is 2.36. The van der Waals surface area contributed by atoms with Crippen molar-refractivity contribution in [1.82, 2.24) is 0 Å². The molecule has 0 aliphatic carbocycles. The van der Waals surface area contributed by atoms with E-state index in [9.17, 15) is 15.0 Å². The minimum Gasteiger partial charge on any atom is -0.507 e. The van der Waals surface area contributed by atoms with Gasteiger partial charge in [0, 0.05) is 6.07 Å². The summed E-state index contributed by atoms with van der Waals surface area (Å²) in [6, 6.07) is 12.1. The van der Waals surface area contributed by atoms with Crippen molar-refractivity contribution in [3.8, 4) is 11.5 Å². The smallest absolute Gasteiger partial charge is 0.204 e. The van der Waals surface area contributed by atoms with Crippen LogP contribution in [0, 0.1) is 0 Å². The van der Waals surface area contributed by atoms with E-state index in [2.05, 4.69) is 0 Å². The Bertz CT molecular complexity index is 1130. The van der Waals surface area contributed by atoms with Crippen LogP contribution in [0.1, 0.15) is 0 Å². The molecule has 4 N–H and O–H groups in total. The van der Waals surface area contributed by atoms with E-state index in [4.69, 9.17) is 10.2 Å². The number of phenolic OH excluding ortho intramolecular Hbond substituents is 2. The highest BCUT2D eigenvalue weighted by atomic mass is 16.3. The summed E-state index contributed by atoms with van der Waals surface area (Å²) in [6.45, 7) is 0. The molecule has 0 bridgehead atoms. The molecule has 22 heavy (non-hydrogen) atoms. The van der Waals surface area contributed by atoms with Crippen molar-refractivity contribution in [2.45, 2.75) is 0 Å². The summed E-state index contributed by atoms with van der Waals surface area (Å²) in [7, 11) is 0. The zero-order chi connectivity index (χ0) is 15.4. The van der Waals surface area contributed by atoms with Crippen molar-refractivity contribution in [1.29, 1.82) is 0 Å². The molecular formula is C17H11NO4. The van der Waals surface area contributed by atoms with Gasteiger partial charge in [-0.15, -0.1) is 0 Å². The molecule has 0 spiro atoms. The maximum Gasteiger partial charge on any atom is 0.204 e. The second-order valence-electron chi connectivity index (χ2n) is 5.16. The van der Waals surface area contributed by atoms with Gasteiger partial charge < -0.3 is 20.4 Å². The molecule has 0 radical (unpaired) electrons. The molecule has 4 aromatic rings. The predicted octanol–water partition coefficient (Wildman–Crippen LogP) is 3.09. The van der Waals surface area contributed by atoms with E-state index in [1.54, 1.807) is 12.1 Å². The molecule has 1 aromatic heterocycles. The number of fused-ring (bicyclic) bond motifs is 3. The third-order valence-corrected chi connectivity index (χ3v) is 3.81. The lowest BCUT2D eigenvalue weighted by Gasteiger charge is -2.08. The molecule has 0 unspecified atom stereocenters. The van der Waals surface area contributed by atoms with Crippen LogP contribution in [0.3, 0.4) is 0 Å². The van der Waals surface area contributed by atoms with Crippen molar-refractivity contribution in [2.24, 2.45) is 0 Å². The normalized spacial score (nSPS) is 11.5. The fraction of sp³-hybridized carbons (Fsp3) is 0. The highest BCUT2D eigenvalue weighted by Gasteiger charge is 2.17. The first-order valence-electron chi connectivity index (χ1n) is 6.66. The molecular weight excluding hydrogens is 282 g/mol. The highest BCUT2D eigenvalue weighted by Crippen LogP contribution is 2.36. The average molecular weight is 293 g/mol. The summed E-state index contributed by atoms with van der Waals surface area (Å²) in [5.74, 6) is -0.682. The zero-order valence-corrected chi connectivity index (χ0v) is 11.3. The average Bonchev–Trinajstić information content (AvgIpc) is 2.51. The van der Waals surface area contributed by atoms with E-state index >= 15 is 0 Å². The van der Waals surface area contributed by atoms with E-state index in [1.807, 2.05) is 24.3 Å². The molecule has 0 aliphatic heterocycles. The molecule has 5 nitrogen and oxygen atoms in total. The first kappa shape index (κ1) is 12.5. The van der Waals surface area contributed by atoms with Gasteiger partial charge in [-0.05, 0) is 22.9 Å². The van der Waals surface area contributed by atoms with Crippen molar-refractivity contribution in [2.75, 3.05) is 5.73 Å². The van der Waals surface area contributed by atoms with E-state index in [0.717, 1.165) is 16.8 Å². The van der Waals surface area contributed by atoms with Crippen LogP contribution < -0.4 is 11.2 Å². The van der Waals surface area contributed by atoms with Crippen molar-refractivity contribution >= 4 is 38.4 Å². The largest absolute Gasteiger partial charge is 0.507 e. The van der Waals surface area contributed by atoms with Gasteiger partial charge >= 0.3 is 0 Å². The van der Waals surface area contributed by atoms with E-state index in [1.165, 1.54) is 0 Å². The Morgan fingerprint density at radius 1 is 0.955 bits per heavy atom. The Hall–Kier alpha value is -3.21. The predicted molar refractivity (Wildman–Crippen MR) is 85.2 cm³/mol. The van der Waals surface area contributed by atoms with Crippen LogP contribution in [0.2, 0.25) is 0 Å². The van der Waals surface area contributed by atoms with E-state index in [0.29, 0.717) is 11.0 Å². The first-order chi connectivity index (χ1) is 10.6. The molecule has 4 rings (SSSR count). The fourth-order valence-electron chi connectivity index (χ4n) is 2.70. The molecule has 5 heteroatoms. The van der Waals surface area contributed by atoms with Gasteiger partial charge in [0.2, 0.25) is 5.43 Å². The van der Waals surface area contributed by atoms with Gasteiger partial charge in [0.25, 0.3) is 0 Å². The van der Waals surface area contributed by atoms with Crippen LogP contribution in [-0.4, -0.2) is 10.2 Å². The Balaban J connectivity index is 2.30. The van der Waals surface area contributed by atoms with Crippen LogP contribution in [0.15, 0.2) is 51.7 Å². The summed E-state index contributed by atoms with van der Waals surface area (Å²) in [6.07, 6.45) is 0. The van der Waals surface area contributed by atoms with Crippen molar-refractivity contribution < 1.29 is 14.6 Å². The van der Waals surface area contributed by atoms with Gasteiger partial charge in [0.15, 0.2) is 5.58 Å². The zero-order valence-electron chi connectivity index (χ0n) is 11.3. The molecule has 0 aliphatic rings. The molecule has 0 saturated carbocycles. The summed E-state index contributed by atoms with van der Waals surface area (Å²) in [5.41, 5.74) is 5.66. The van der Waals surface area contributed by atoms with Gasteiger partial charge in [-0.1, -0.05) is 24.3 Å². The van der Waals surface area contributed by atoms with Gasteiger partial charge in [-0.3, -0.25) is 4.79 Å². The summed E-state index contributed by atoms with van der Waals surface area (Å²) < 4.78 is 5.68. The van der Waals surface area contributed by atoms with Gasteiger partial charge in [-0.2, -0.15) is 0 Å². The maximum absolute atomic E-state index is 12.7. The molecule has 3 aromatic carbocycles. The molecule has 0 fully saturated rings. The molecule has 0 saturated heterocycles. The number of benzene rings is 3. The molecule has 0 amide bonds. The Morgan fingerprint density at radius 2 is 1.64 bits per heavy atom. The highest BCUT2D eigenvalue weighted by molar-refractivity contribution is 6.03. The van der Waals surface area contributed by atoms with E-state index < -0.39 is 0 Å². The monoisotopic (exact) mass is 293 g/mol. The third kappa shape index (κ3) is 1.56.